The molecule has 1 aromatic rings. The van der Waals surface area contributed by atoms with E-state index in [0.717, 1.165) is 12.8 Å². The van der Waals surface area contributed by atoms with E-state index in [0.29, 0.717) is 17.1 Å². The quantitative estimate of drug-likeness (QED) is 0.815. The molecule has 25 heavy (non-hydrogen) atoms. The van der Waals surface area contributed by atoms with Gasteiger partial charge in [-0.3, -0.25) is 4.79 Å². The highest BCUT2D eigenvalue weighted by Crippen LogP contribution is 2.38. The third-order valence-electron chi connectivity index (χ3n) is 5.37. The smallest absolute Gasteiger partial charge is 0.326 e. The van der Waals surface area contributed by atoms with Crippen LogP contribution in [0.15, 0.2) is 54.4 Å². The van der Waals surface area contributed by atoms with Crippen molar-refractivity contribution in [3.05, 3.63) is 59.9 Å². The van der Waals surface area contributed by atoms with E-state index < -0.39 is 12.0 Å². The Labute approximate surface area is 148 Å². The molecular weight excluding hydrogens is 314 g/mol. The highest BCUT2D eigenvalue weighted by molar-refractivity contribution is 6.09. The Morgan fingerprint density at radius 3 is 2.44 bits per heavy atom. The number of carboxylic acid groups (broad SMARTS) is 1. The second-order valence-electron chi connectivity index (χ2n) is 7.01. The number of hydrogen-bond donors (Lipinski definition) is 1. The van der Waals surface area contributed by atoms with E-state index in [1.165, 1.54) is 19.3 Å². The summed E-state index contributed by atoms with van der Waals surface area (Å²) in [5, 5.41) is 9.30. The molecule has 1 fully saturated rings. The average molecular weight is 339 g/mol. The molecule has 0 bridgehead atoms. The Hall–Kier alpha value is -2.36. The molecule has 1 aromatic carbocycles. The lowest BCUT2D eigenvalue weighted by molar-refractivity contribution is -0.140. The van der Waals surface area contributed by atoms with Gasteiger partial charge in [-0.2, -0.15) is 0 Å². The minimum absolute atomic E-state index is 0.00288. The Balaban J connectivity index is 1.92. The van der Waals surface area contributed by atoms with Crippen LogP contribution in [-0.4, -0.2) is 27.8 Å². The fraction of sp³-hybridized carbons (Fsp3) is 0.429. The Morgan fingerprint density at radius 2 is 1.80 bits per heavy atom. The number of benzene rings is 1. The Kier molecular flexibility index (Phi) is 5.37. The minimum atomic E-state index is -0.900. The van der Waals surface area contributed by atoms with Crippen LogP contribution in [0, 0.1) is 11.8 Å². The van der Waals surface area contributed by atoms with Gasteiger partial charge in [0.2, 0.25) is 0 Å². The highest BCUT2D eigenvalue weighted by Gasteiger charge is 2.32. The maximum absolute atomic E-state index is 13.1. The fourth-order valence-corrected chi connectivity index (χ4v) is 3.82. The van der Waals surface area contributed by atoms with Crippen LogP contribution < -0.4 is 0 Å². The van der Waals surface area contributed by atoms with Crippen LogP contribution in [0.3, 0.4) is 0 Å². The minimum Gasteiger partial charge on any atom is -0.480 e. The molecule has 0 radical (unpaired) electrons. The summed E-state index contributed by atoms with van der Waals surface area (Å²) in [5.41, 5.74) is 1.38. The summed E-state index contributed by atoms with van der Waals surface area (Å²) in [4.78, 5) is 26.1. The molecule has 2 unspecified atom stereocenters. The molecule has 0 spiro atoms. The summed E-state index contributed by atoms with van der Waals surface area (Å²) >= 11 is 0. The summed E-state index contributed by atoms with van der Waals surface area (Å²) in [6.07, 6.45) is 11.6. The standard InChI is InChI=1S/C21H25NO3/c1-15(21(24)25)22-13-12-18(16-8-4-2-5-9-16)19(14-22)20(23)17-10-6-3-7-11-17/h3,6-7,10-16,18H,2,4-5,8-9H2,1H3,(H,24,25). The molecule has 0 amide bonds. The number of carbonyl (C=O) groups excluding carboxylic acids is 1. The van der Waals surface area contributed by atoms with Crippen molar-refractivity contribution in [2.45, 2.75) is 45.1 Å². The van der Waals surface area contributed by atoms with Crippen molar-refractivity contribution in [3.8, 4) is 0 Å². The van der Waals surface area contributed by atoms with Gasteiger partial charge in [0.25, 0.3) is 0 Å². The molecule has 1 saturated carbocycles. The predicted molar refractivity (Wildman–Crippen MR) is 97.0 cm³/mol. The lowest BCUT2D eigenvalue weighted by atomic mass is 9.74. The number of rotatable bonds is 5. The number of carbonyl (C=O) groups is 2. The molecule has 2 atom stereocenters. The second kappa shape index (κ2) is 7.68. The van der Waals surface area contributed by atoms with E-state index in [4.69, 9.17) is 0 Å². The fourth-order valence-electron chi connectivity index (χ4n) is 3.82. The maximum Gasteiger partial charge on any atom is 0.326 e. The Bertz CT molecular complexity index is 686. The number of carboxylic acids is 1. The summed E-state index contributed by atoms with van der Waals surface area (Å²) in [7, 11) is 0. The number of aliphatic carboxylic acids is 1. The largest absolute Gasteiger partial charge is 0.480 e. The van der Waals surface area contributed by atoms with E-state index in [1.54, 1.807) is 18.0 Å². The summed E-state index contributed by atoms with van der Waals surface area (Å²) in [6, 6.07) is 8.57. The van der Waals surface area contributed by atoms with Crippen LogP contribution in [0.4, 0.5) is 0 Å². The van der Waals surface area contributed by atoms with Crippen LogP contribution in [0.5, 0.6) is 0 Å². The van der Waals surface area contributed by atoms with Gasteiger partial charge in [-0.05, 0) is 25.7 Å². The number of hydrogen-bond acceptors (Lipinski definition) is 3. The number of nitrogens with zero attached hydrogens (tertiary/aromatic N) is 1. The molecule has 0 aromatic heterocycles. The summed E-state index contributed by atoms with van der Waals surface area (Å²) in [5.74, 6) is -0.358. The zero-order chi connectivity index (χ0) is 17.8. The van der Waals surface area contributed by atoms with Gasteiger partial charge in [0.05, 0.1) is 0 Å². The molecule has 0 saturated heterocycles. The molecule has 1 N–H and O–H groups in total. The third kappa shape index (κ3) is 3.84. The van der Waals surface area contributed by atoms with Crippen molar-refractivity contribution in [3.63, 3.8) is 0 Å². The van der Waals surface area contributed by atoms with Crippen molar-refractivity contribution in [1.82, 2.24) is 4.90 Å². The van der Waals surface area contributed by atoms with Crippen molar-refractivity contribution < 1.29 is 14.7 Å². The first kappa shape index (κ1) is 17.5. The SMILES string of the molecule is CC(C(=O)O)N1C=CC(C2CCCCC2)C(C(=O)c2ccccc2)=C1. The van der Waals surface area contributed by atoms with E-state index in [2.05, 4.69) is 0 Å². The molecular formula is C21H25NO3. The van der Waals surface area contributed by atoms with Crippen molar-refractivity contribution in [2.75, 3.05) is 0 Å². The van der Waals surface area contributed by atoms with E-state index >= 15 is 0 Å². The van der Waals surface area contributed by atoms with Gasteiger partial charge in [0.1, 0.15) is 6.04 Å². The van der Waals surface area contributed by atoms with Gasteiger partial charge in [0, 0.05) is 29.5 Å². The monoisotopic (exact) mass is 339 g/mol. The summed E-state index contributed by atoms with van der Waals surface area (Å²) < 4.78 is 0. The van der Waals surface area contributed by atoms with Gasteiger partial charge in [-0.1, -0.05) is 55.7 Å². The molecule has 1 aliphatic heterocycles. The number of Topliss-reactive ketones (excluding diaryl/α,β-unsaturated/α-hetero) is 1. The molecule has 4 heteroatoms. The number of allylic oxidation sites excluding steroid dienone is 2. The van der Waals surface area contributed by atoms with Gasteiger partial charge < -0.3 is 10.0 Å². The van der Waals surface area contributed by atoms with Crippen LogP contribution in [0.2, 0.25) is 0 Å². The zero-order valence-electron chi connectivity index (χ0n) is 14.6. The van der Waals surface area contributed by atoms with E-state index in [-0.39, 0.29) is 11.7 Å². The normalized spacial score (nSPS) is 22.4. The van der Waals surface area contributed by atoms with E-state index in [9.17, 15) is 14.7 Å². The second-order valence-corrected chi connectivity index (χ2v) is 7.01. The van der Waals surface area contributed by atoms with Crippen molar-refractivity contribution in [1.29, 1.82) is 0 Å². The molecule has 1 heterocycles. The summed E-state index contributed by atoms with van der Waals surface area (Å²) in [6.45, 7) is 1.63. The first-order valence-corrected chi connectivity index (χ1v) is 9.08. The lowest BCUT2D eigenvalue weighted by Gasteiger charge is -2.34. The molecule has 132 valence electrons. The third-order valence-corrected chi connectivity index (χ3v) is 5.37. The molecule has 1 aliphatic carbocycles. The van der Waals surface area contributed by atoms with Crippen LogP contribution in [0.25, 0.3) is 0 Å². The zero-order valence-corrected chi connectivity index (χ0v) is 14.6. The predicted octanol–water partition coefficient (Wildman–Crippen LogP) is 4.25. The Morgan fingerprint density at radius 1 is 1.12 bits per heavy atom. The molecule has 3 rings (SSSR count). The van der Waals surface area contributed by atoms with Gasteiger partial charge >= 0.3 is 5.97 Å². The lowest BCUT2D eigenvalue weighted by Crippen LogP contribution is -2.35. The number of ketones is 1. The van der Waals surface area contributed by atoms with Crippen LogP contribution in [0.1, 0.15) is 49.4 Å². The van der Waals surface area contributed by atoms with Crippen molar-refractivity contribution in [2.24, 2.45) is 11.8 Å². The maximum atomic E-state index is 13.1. The molecule has 2 aliphatic rings. The highest BCUT2D eigenvalue weighted by atomic mass is 16.4. The first-order chi connectivity index (χ1) is 12.1. The van der Waals surface area contributed by atoms with Gasteiger partial charge in [0.15, 0.2) is 5.78 Å². The average Bonchev–Trinajstić information content (AvgIpc) is 2.67. The first-order valence-electron chi connectivity index (χ1n) is 9.08. The van der Waals surface area contributed by atoms with Crippen LogP contribution >= 0.6 is 0 Å². The van der Waals surface area contributed by atoms with Crippen LogP contribution in [-0.2, 0) is 4.79 Å². The molecule has 4 nitrogen and oxygen atoms in total. The topological polar surface area (TPSA) is 57.6 Å². The van der Waals surface area contributed by atoms with Gasteiger partial charge in [-0.25, -0.2) is 4.79 Å². The van der Waals surface area contributed by atoms with Crippen molar-refractivity contribution >= 4 is 11.8 Å². The van der Waals surface area contributed by atoms with E-state index in [1.807, 2.05) is 42.6 Å². The van der Waals surface area contributed by atoms with Gasteiger partial charge in [-0.15, -0.1) is 0 Å².